The third kappa shape index (κ3) is 2.40. The quantitative estimate of drug-likeness (QED) is 0.260. The first-order valence-electron chi connectivity index (χ1n) is 6.04. The van der Waals surface area contributed by atoms with Gasteiger partial charge < -0.3 is 9.84 Å². The van der Waals surface area contributed by atoms with Gasteiger partial charge in [-0.3, -0.25) is 14.5 Å². The van der Waals surface area contributed by atoms with E-state index in [0.717, 1.165) is 16.7 Å². The van der Waals surface area contributed by atoms with Gasteiger partial charge in [0.1, 0.15) is 17.7 Å². The highest BCUT2D eigenvalue weighted by Crippen LogP contribution is 2.52. The zero-order valence-corrected chi connectivity index (χ0v) is 13.3. The Labute approximate surface area is 133 Å². The normalized spacial score (nSPS) is 26.7. The summed E-state index contributed by atoms with van der Waals surface area (Å²) in [4.78, 5) is 37.2. The predicted octanol–water partition coefficient (Wildman–Crippen LogP) is 1.17. The minimum atomic E-state index is -1.33. The Balaban J connectivity index is 2.38. The number of nitrogens with zero attached hydrogens (tertiary/aromatic N) is 4. The minimum Gasteiger partial charge on any atom is -0.477 e. The molecule has 0 aliphatic carbocycles. The maximum Gasteiger partial charge on any atom is 0.352 e. The average molecular weight is 344 g/mol. The number of rotatable bonds is 5. The van der Waals surface area contributed by atoms with Crippen molar-refractivity contribution < 1.29 is 24.2 Å². The van der Waals surface area contributed by atoms with Gasteiger partial charge in [-0.2, -0.15) is 0 Å². The molecule has 0 bridgehead atoms. The average Bonchev–Trinajstić information content (AvgIpc) is 2.48. The number of aliphatic carboxylic acids is 1. The Hall–Kier alpha value is -1.84. The monoisotopic (exact) mass is 344 g/mol. The van der Waals surface area contributed by atoms with E-state index in [1.165, 1.54) is 18.7 Å². The zero-order valence-electron chi connectivity index (χ0n) is 11.7. The SMILES string of the molecule is CSC1(N=[N+]=[N-])C(=O)N2C(C(=O)O)=C(COC(C)=O)CS[C@@H]21. The lowest BCUT2D eigenvalue weighted by atomic mass is 10.0. The molecule has 9 nitrogen and oxygen atoms in total. The number of azide groups is 1. The van der Waals surface area contributed by atoms with Crippen molar-refractivity contribution in [1.82, 2.24) is 4.90 Å². The van der Waals surface area contributed by atoms with Crippen LogP contribution in [0.15, 0.2) is 16.4 Å². The second kappa shape index (κ2) is 6.11. The van der Waals surface area contributed by atoms with E-state index < -0.39 is 28.1 Å². The van der Waals surface area contributed by atoms with E-state index in [0.29, 0.717) is 5.57 Å². The van der Waals surface area contributed by atoms with Crippen LogP contribution in [-0.4, -0.2) is 56.7 Å². The highest BCUT2D eigenvalue weighted by Gasteiger charge is 2.64. The fraction of sp³-hybridized carbons (Fsp3) is 0.545. The Bertz CT molecular complexity index is 630. The smallest absolute Gasteiger partial charge is 0.352 e. The van der Waals surface area contributed by atoms with Crippen molar-refractivity contribution in [3.05, 3.63) is 21.7 Å². The minimum absolute atomic E-state index is 0.186. The third-order valence-electron chi connectivity index (χ3n) is 3.24. The molecule has 22 heavy (non-hydrogen) atoms. The van der Waals surface area contributed by atoms with Crippen molar-refractivity contribution in [3.8, 4) is 0 Å². The Morgan fingerprint density at radius 3 is 2.86 bits per heavy atom. The largest absolute Gasteiger partial charge is 0.477 e. The van der Waals surface area contributed by atoms with Crippen LogP contribution in [0.2, 0.25) is 0 Å². The van der Waals surface area contributed by atoms with Gasteiger partial charge in [0.15, 0.2) is 0 Å². The van der Waals surface area contributed by atoms with E-state index >= 15 is 0 Å². The van der Waals surface area contributed by atoms with Crippen LogP contribution in [0.1, 0.15) is 6.92 Å². The molecule has 0 spiro atoms. The number of amides is 1. The predicted molar refractivity (Wildman–Crippen MR) is 79.8 cm³/mol. The molecule has 0 aromatic rings. The van der Waals surface area contributed by atoms with Gasteiger partial charge in [0.05, 0.1) is 0 Å². The molecule has 1 N–H and O–H groups in total. The molecule has 0 radical (unpaired) electrons. The van der Waals surface area contributed by atoms with Gasteiger partial charge >= 0.3 is 11.9 Å². The fourth-order valence-corrected chi connectivity index (χ4v) is 4.75. The van der Waals surface area contributed by atoms with Gasteiger partial charge in [0.2, 0.25) is 4.87 Å². The summed E-state index contributed by atoms with van der Waals surface area (Å²) in [6.07, 6.45) is 1.63. The van der Waals surface area contributed by atoms with Gasteiger partial charge in [0, 0.05) is 23.2 Å². The van der Waals surface area contributed by atoms with Crippen molar-refractivity contribution in [2.75, 3.05) is 18.6 Å². The maximum atomic E-state index is 12.4. The number of hydrogen-bond acceptors (Lipinski definition) is 7. The number of hydrogen-bond donors (Lipinski definition) is 1. The molecule has 1 fully saturated rings. The fourth-order valence-electron chi connectivity index (χ4n) is 2.26. The van der Waals surface area contributed by atoms with E-state index in [1.807, 2.05) is 0 Å². The van der Waals surface area contributed by atoms with Crippen LogP contribution in [0, 0.1) is 0 Å². The maximum absolute atomic E-state index is 12.4. The van der Waals surface area contributed by atoms with Gasteiger partial charge in [-0.25, -0.2) is 4.79 Å². The molecule has 0 aromatic carbocycles. The van der Waals surface area contributed by atoms with Crippen LogP contribution >= 0.6 is 23.5 Å². The van der Waals surface area contributed by atoms with Gasteiger partial charge in [-0.1, -0.05) is 5.11 Å². The van der Waals surface area contributed by atoms with E-state index in [4.69, 9.17) is 10.3 Å². The zero-order chi connectivity index (χ0) is 16.5. The molecule has 2 aliphatic heterocycles. The van der Waals surface area contributed by atoms with Crippen LogP contribution in [0.25, 0.3) is 10.4 Å². The summed E-state index contributed by atoms with van der Waals surface area (Å²) in [6, 6.07) is 0. The van der Waals surface area contributed by atoms with Crippen molar-refractivity contribution in [2.45, 2.75) is 17.2 Å². The summed E-state index contributed by atoms with van der Waals surface area (Å²) in [5.74, 6) is -2.12. The summed E-state index contributed by atoms with van der Waals surface area (Å²) in [5.41, 5.74) is 8.80. The molecule has 11 heteroatoms. The summed E-state index contributed by atoms with van der Waals surface area (Å²) < 4.78 is 4.83. The van der Waals surface area contributed by atoms with Crippen molar-refractivity contribution in [1.29, 1.82) is 0 Å². The standard InChI is InChI=1S/C11H12N4O5S2/c1-5(16)20-3-6-4-22-10-11(21-2,13-14-12)9(19)15(10)7(6)8(17)18/h10H,3-4H2,1-2H3,(H,17,18)/t10-,11?/m1/s1. The van der Waals surface area contributed by atoms with Crippen LogP contribution in [0.5, 0.6) is 0 Å². The number of fused-ring (bicyclic) bond motifs is 1. The number of esters is 1. The van der Waals surface area contributed by atoms with E-state index in [1.54, 1.807) is 6.26 Å². The number of β-lactam (4-membered cyclic amide) rings is 1. The molecule has 2 heterocycles. The lowest BCUT2D eigenvalue weighted by molar-refractivity contribution is -0.149. The van der Waals surface area contributed by atoms with Gasteiger partial charge in [0.25, 0.3) is 5.91 Å². The lowest BCUT2D eigenvalue weighted by Gasteiger charge is -2.54. The summed E-state index contributed by atoms with van der Waals surface area (Å²) >= 11 is 2.35. The molecule has 1 amide bonds. The highest BCUT2D eigenvalue weighted by atomic mass is 32.2. The first-order valence-corrected chi connectivity index (χ1v) is 8.31. The molecule has 1 unspecified atom stereocenters. The van der Waals surface area contributed by atoms with Crippen molar-refractivity contribution >= 4 is 41.4 Å². The van der Waals surface area contributed by atoms with Crippen LogP contribution in [-0.2, 0) is 19.1 Å². The Morgan fingerprint density at radius 1 is 1.68 bits per heavy atom. The van der Waals surface area contributed by atoms with E-state index in [9.17, 15) is 19.5 Å². The number of carboxylic acid groups (broad SMARTS) is 1. The summed E-state index contributed by atoms with van der Waals surface area (Å²) in [7, 11) is 0. The van der Waals surface area contributed by atoms with Crippen molar-refractivity contribution in [3.63, 3.8) is 0 Å². The molecule has 1 saturated heterocycles. The Morgan fingerprint density at radius 2 is 2.36 bits per heavy atom. The molecule has 2 atom stereocenters. The molecule has 2 aliphatic rings. The lowest BCUT2D eigenvalue weighted by Crippen LogP contribution is -2.71. The number of carbonyl (C=O) groups is 3. The molecule has 0 saturated carbocycles. The van der Waals surface area contributed by atoms with Crippen LogP contribution < -0.4 is 0 Å². The van der Waals surface area contributed by atoms with E-state index in [-0.39, 0.29) is 18.1 Å². The van der Waals surface area contributed by atoms with Gasteiger partial charge in [-0.15, -0.1) is 23.5 Å². The van der Waals surface area contributed by atoms with Crippen molar-refractivity contribution in [2.24, 2.45) is 5.11 Å². The van der Waals surface area contributed by atoms with Crippen LogP contribution in [0.3, 0.4) is 0 Å². The first-order chi connectivity index (χ1) is 10.4. The molecular weight excluding hydrogens is 332 g/mol. The third-order valence-corrected chi connectivity index (χ3v) is 5.88. The summed E-state index contributed by atoms with van der Waals surface area (Å²) in [5, 5.41) is 12.4. The number of carbonyl (C=O) groups excluding carboxylic acids is 2. The topological polar surface area (TPSA) is 133 Å². The number of ether oxygens (including phenoxy) is 1. The molecule has 2 rings (SSSR count). The second-order valence-electron chi connectivity index (χ2n) is 4.47. The van der Waals surface area contributed by atoms with Gasteiger partial charge in [-0.05, 0) is 11.8 Å². The summed E-state index contributed by atoms with van der Waals surface area (Å²) in [6.45, 7) is 1.03. The molecular formula is C11H12N4O5S2. The number of thioether (sulfide) groups is 2. The second-order valence-corrected chi connectivity index (χ2v) is 6.57. The van der Waals surface area contributed by atoms with E-state index in [2.05, 4.69) is 10.0 Å². The molecule has 118 valence electrons. The van der Waals surface area contributed by atoms with Crippen LogP contribution in [0.4, 0.5) is 0 Å². The number of carboxylic acids is 1. The highest BCUT2D eigenvalue weighted by molar-refractivity contribution is 8.05. The molecule has 0 aromatic heterocycles. The Kier molecular flexibility index (Phi) is 4.59. The first kappa shape index (κ1) is 16.5.